The first-order valence-electron chi connectivity index (χ1n) is 6.76. The van der Waals surface area contributed by atoms with E-state index < -0.39 is 0 Å². The molecule has 3 heteroatoms. The minimum atomic E-state index is 0.0683. The van der Waals surface area contributed by atoms with E-state index in [-0.39, 0.29) is 5.60 Å². The van der Waals surface area contributed by atoms with Crippen molar-refractivity contribution in [1.29, 1.82) is 0 Å². The molecule has 2 atom stereocenters. The van der Waals surface area contributed by atoms with Crippen LogP contribution in [0.1, 0.15) is 46.0 Å². The molecule has 0 saturated carbocycles. The first-order chi connectivity index (χ1) is 7.66. The van der Waals surface area contributed by atoms with E-state index in [1.54, 1.807) is 0 Å². The van der Waals surface area contributed by atoms with Gasteiger partial charge in [0, 0.05) is 18.7 Å². The maximum atomic E-state index is 5.76. The predicted molar refractivity (Wildman–Crippen MR) is 66.7 cm³/mol. The van der Waals surface area contributed by atoms with Crippen LogP contribution in [-0.2, 0) is 4.74 Å². The first-order valence-corrected chi connectivity index (χ1v) is 6.76. The van der Waals surface area contributed by atoms with Gasteiger partial charge >= 0.3 is 0 Å². The molecule has 0 aromatic rings. The fourth-order valence-electron chi connectivity index (χ4n) is 2.89. The van der Waals surface area contributed by atoms with E-state index >= 15 is 0 Å². The Hall–Kier alpha value is -0.120. The zero-order valence-corrected chi connectivity index (χ0v) is 10.7. The molecule has 0 spiro atoms. The third-order valence-electron chi connectivity index (χ3n) is 3.74. The van der Waals surface area contributed by atoms with Gasteiger partial charge in [-0.05, 0) is 59.0 Å². The summed E-state index contributed by atoms with van der Waals surface area (Å²) in [6, 6.07) is 1.38. The number of nitrogens with one attached hydrogen (secondary N) is 2. The van der Waals surface area contributed by atoms with Gasteiger partial charge in [0.15, 0.2) is 0 Å². The minimum Gasteiger partial charge on any atom is -0.375 e. The van der Waals surface area contributed by atoms with Crippen LogP contribution < -0.4 is 10.6 Å². The van der Waals surface area contributed by atoms with Gasteiger partial charge in [0.25, 0.3) is 0 Å². The van der Waals surface area contributed by atoms with Gasteiger partial charge in [-0.2, -0.15) is 0 Å². The van der Waals surface area contributed by atoms with E-state index in [0.717, 1.165) is 13.0 Å². The van der Waals surface area contributed by atoms with Crippen molar-refractivity contribution < 1.29 is 4.74 Å². The molecule has 94 valence electrons. The van der Waals surface area contributed by atoms with E-state index in [1.165, 1.54) is 38.8 Å². The average Bonchev–Trinajstić information content (AvgIpc) is 2.45. The largest absolute Gasteiger partial charge is 0.375 e. The fraction of sp³-hybridized carbons (Fsp3) is 1.00. The van der Waals surface area contributed by atoms with Crippen LogP contribution in [0, 0.1) is 0 Å². The van der Waals surface area contributed by atoms with Crippen LogP contribution in [0.15, 0.2) is 0 Å². The van der Waals surface area contributed by atoms with Gasteiger partial charge in [0.2, 0.25) is 0 Å². The van der Waals surface area contributed by atoms with Crippen LogP contribution in [0.25, 0.3) is 0 Å². The van der Waals surface area contributed by atoms with Crippen LogP contribution >= 0.6 is 0 Å². The highest BCUT2D eigenvalue weighted by Crippen LogP contribution is 2.24. The van der Waals surface area contributed by atoms with Crippen LogP contribution in [0.2, 0.25) is 0 Å². The van der Waals surface area contributed by atoms with Crippen molar-refractivity contribution in [2.24, 2.45) is 0 Å². The van der Waals surface area contributed by atoms with Gasteiger partial charge < -0.3 is 15.4 Å². The molecule has 0 amide bonds. The molecule has 3 nitrogen and oxygen atoms in total. The Labute approximate surface area is 99.3 Å². The maximum absolute atomic E-state index is 5.76. The summed E-state index contributed by atoms with van der Waals surface area (Å²) in [6.07, 6.45) is 6.23. The standard InChI is InChI=1S/C13H26N2O/c1-13(2)10-12(6-9-16-13)15-11-4-3-7-14-8-5-11/h11-12,14-15H,3-10H2,1-2H3. The molecule has 0 aliphatic carbocycles. The third-order valence-corrected chi connectivity index (χ3v) is 3.74. The van der Waals surface area contributed by atoms with Crippen molar-refractivity contribution in [2.45, 2.75) is 63.6 Å². The lowest BCUT2D eigenvalue weighted by Crippen LogP contribution is -2.47. The summed E-state index contributed by atoms with van der Waals surface area (Å²) in [4.78, 5) is 0. The van der Waals surface area contributed by atoms with Gasteiger partial charge in [0.05, 0.1) is 5.60 Å². The number of rotatable bonds is 2. The van der Waals surface area contributed by atoms with E-state index in [1.807, 2.05) is 0 Å². The summed E-state index contributed by atoms with van der Waals surface area (Å²) in [5.41, 5.74) is 0.0683. The molecule has 2 aliphatic heterocycles. The maximum Gasteiger partial charge on any atom is 0.0641 e. The predicted octanol–water partition coefficient (Wildman–Crippen LogP) is 1.68. The van der Waals surface area contributed by atoms with Crippen molar-refractivity contribution in [3.05, 3.63) is 0 Å². The Morgan fingerprint density at radius 2 is 2.00 bits per heavy atom. The second-order valence-electron chi connectivity index (χ2n) is 5.84. The molecule has 2 aliphatic rings. The molecule has 0 bridgehead atoms. The highest BCUT2D eigenvalue weighted by atomic mass is 16.5. The molecule has 0 aromatic carbocycles. The summed E-state index contributed by atoms with van der Waals surface area (Å²) >= 11 is 0. The highest BCUT2D eigenvalue weighted by Gasteiger charge is 2.29. The lowest BCUT2D eigenvalue weighted by molar-refractivity contribution is -0.0642. The smallest absolute Gasteiger partial charge is 0.0641 e. The van der Waals surface area contributed by atoms with Crippen LogP contribution in [0.3, 0.4) is 0 Å². The Kier molecular flexibility index (Phi) is 4.22. The van der Waals surface area contributed by atoms with Crippen molar-refractivity contribution in [2.75, 3.05) is 19.7 Å². The molecule has 2 fully saturated rings. The Bertz CT molecular complexity index is 210. The Balaban J connectivity index is 1.79. The zero-order chi connectivity index (χ0) is 11.4. The molecular formula is C13H26N2O. The molecule has 2 saturated heterocycles. The Morgan fingerprint density at radius 3 is 2.81 bits per heavy atom. The quantitative estimate of drug-likeness (QED) is 0.751. The van der Waals surface area contributed by atoms with Gasteiger partial charge in [-0.1, -0.05) is 0 Å². The number of hydrogen-bond donors (Lipinski definition) is 2. The van der Waals surface area contributed by atoms with Crippen molar-refractivity contribution >= 4 is 0 Å². The van der Waals surface area contributed by atoms with Crippen molar-refractivity contribution in [3.63, 3.8) is 0 Å². The lowest BCUT2D eigenvalue weighted by Gasteiger charge is -2.37. The molecule has 2 rings (SSSR count). The summed E-state index contributed by atoms with van der Waals surface area (Å²) in [7, 11) is 0. The van der Waals surface area contributed by atoms with Gasteiger partial charge in [0.1, 0.15) is 0 Å². The molecule has 2 heterocycles. The van der Waals surface area contributed by atoms with Crippen LogP contribution in [0.4, 0.5) is 0 Å². The van der Waals surface area contributed by atoms with E-state index in [2.05, 4.69) is 24.5 Å². The highest BCUT2D eigenvalue weighted by molar-refractivity contribution is 4.86. The number of ether oxygens (including phenoxy) is 1. The lowest BCUT2D eigenvalue weighted by atomic mass is 9.93. The second kappa shape index (κ2) is 5.48. The topological polar surface area (TPSA) is 33.3 Å². The summed E-state index contributed by atoms with van der Waals surface area (Å²) in [6.45, 7) is 7.68. The molecule has 0 aromatic heterocycles. The second-order valence-corrected chi connectivity index (χ2v) is 5.84. The molecule has 2 N–H and O–H groups in total. The van der Waals surface area contributed by atoms with Gasteiger partial charge in [-0.3, -0.25) is 0 Å². The molecule has 2 unspecified atom stereocenters. The van der Waals surface area contributed by atoms with Crippen molar-refractivity contribution in [3.8, 4) is 0 Å². The average molecular weight is 226 g/mol. The monoisotopic (exact) mass is 226 g/mol. The minimum absolute atomic E-state index is 0.0683. The van der Waals surface area contributed by atoms with E-state index in [9.17, 15) is 0 Å². The Morgan fingerprint density at radius 1 is 1.12 bits per heavy atom. The SMILES string of the molecule is CC1(C)CC(NC2CCCNCC2)CCO1. The molecule has 16 heavy (non-hydrogen) atoms. The van der Waals surface area contributed by atoms with E-state index in [0.29, 0.717) is 12.1 Å². The number of hydrogen-bond acceptors (Lipinski definition) is 3. The van der Waals surface area contributed by atoms with Crippen molar-refractivity contribution in [1.82, 2.24) is 10.6 Å². The summed E-state index contributed by atoms with van der Waals surface area (Å²) in [5.74, 6) is 0. The summed E-state index contributed by atoms with van der Waals surface area (Å²) < 4.78 is 5.76. The van der Waals surface area contributed by atoms with Gasteiger partial charge in [-0.25, -0.2) is 0 Å². The summed E-state index contributed by atoms with van der Waals surface area (Å²) in [5, 5.41) is 7.30. The normalized spacial score (nSPS) is 35.6. The third kappa shape index (κ3) is 3.72. The molecular weight excluding hydrogens is 200 g/mol. The van der Waals surface area contributed by atoms with E-state index in [4.69, 9.17) is 4.74 Å². The zero-order valence-electron chi connectivity index (χ0n) is 10.7. The first kappa shape index (κ1) is 12.3. The fourth-order valence-corrected chi connectivity index (χ4v) is 2.89. The van der Waals surface area contributed by atoms with Crippen LogP contribution in [0.5, 0.6) is 0 Å². The van der Waals surface area contributed by atoms with Gasteiger partial charge in [-0.15, -0.1) is 0 Å². The van der Waals surface area contributed by atoms with Crippen LogP contribution in [-0.4, -0.2) is 37.4 Å². The molecule has 0 radical (unpaired) electrons.